The van der Waals surface area contributed by atoms with E-state index in [9.17, 15) is 9.59 Å². The second-order valence-electron chi connectivity index (χ2n) is 4.85. The van der Waals surface area contributed by atoms with Gasteiger partial charge in [-0.25, -0.2) is 4.98 Å². The fourth-order valence-corrected chi connectivity index (χ4v) is 2.04. The molecule has 1 aliphatic heterocycles. The highest BCUT2D eigenvalue weighted by Gasteiger charge is 2.19. The minimum absolute atomic E-state index is 0.0772. The van der Waals surface area contributed by atoms with E-state index in [1.807, 2.05) is 0 Å². The van der Waals surface area contributed by atoms with Crippen molar-refractivity contribution in [1.29, 1.82) is 0 Å². The first-order valence-corrected chi connectivity index (χ1v) is 6.91. The third-order valence-corrected chi connectivity index (χ3v) is 3.14. The molecular formula is C14H15N5O4. The van der Waals surface area contributed by atoms with Crippen LogP contribution in [0.15, 0.2) is 24.7 Å². The molecule has 2 aromatic rings. The predicted molar refractivity (Wildman–Crippen MR) is 80.4 cm³/mol. The molecule has 120 valence electrons. The van der Waals surface area contributed by atoms with Crippen LogP contribution in [0.25, 0.3) is 0 Å². The molecule has 0 spiro atoms. The molecule has 3 heterocycles. The molecule has 0 bridgehead atoms. The Balaban J connectivity index is 1.69. The number of ether oxygens (including phenoxy) is 2. The number of fused-ring (bicyclic) bond motifs is 1. The number of carbonyl (C=O) groups excluding carboxylic acids is 2. The average molecular weight is 317 g/mol. The summed E-state index contributed by atoms with van der Waals surface area (Å²) in [7, 11) is 1.61. The summed E-state index contributed by atoms with van der Waals surface area (Å²) in [6.07, 6.45) is 4.64. The number of carbonyl (C=O) groups is 2. The smallest absolute Gasteiger partial charge is 0.262 e. The van der Waals surface area contributed by atoms with E-state index >= 15 is 0 Å². The maximum absolute atomic E-state index is 12.2. The molecule has 3 rings (SSSR count). The van der Waals surface area contributed by atoms with Crippen LogP contribution in [0.4, 0.5) is 11.4 Å². The molecule has 2 aromatic heterocycles. The largest absolute Gasteiger partial charge is 0.466 e. The summed E-state index contributed by atoms with van der Waals surface area (Å²) in [6.45, 7) is 1.05. The molecular weight excluding hydrogens is 302 g/mol. The number of rotatable bonds is 5. The fourth-order valence-electron chi connectivity index (χ4n) is 2.04. The van der Waals surface area contributed by atoms with Gasteiger partial charge in [0.05, 0.1) is 30.6 Å². The number of aromatic nitrogens is 3. The second-order valence-corrected chi connectivity index (χ2v) is 4.85. The summed E-state index contributed by atoms with van der Waals surface area (Å²) >= 11 is 0. The van der Waals surface area contributed by atoms with Gasteiger partial charge in [-0.3, -0.25) is 14.3 Å². The van der Waals surface area contributed by atoms with Crippen LogP contribution in [0.3, 0.4) is 0 Å². The maximum Gasteiger partial charge on any atom is 0.262 e. The summed E-state index contributed by atoms with van der Waals surface area (Å²) in [5.74, 6) is -0.337. The topological polar surface area (TPSA) is 107 Å². The van der Waals surface area contributed by atoms with Gasteiger partial charge in [0.15, 0.2) is 6.61 Å². The van der Waals surface area contributed by atoms with Crippen molar-refractivity contribution in [2.45, 2.75) is 6.54 Å². The highest BCUT2D eigenvalue weighted by Crippen LogP contribution is 2.25. The number of amides is 2. The Kier molecular flexibility index (Phi) is 4.20. The molecule has 0 saturated heterocycles. The second kappa shape index (κ2) is 6.44. The summed E-state index contributed by atoms with van der Waals surface area (Å²) in [5.41, 5.74) is 1.24. The van der Waals surface area contributed by atoms with Gasteiger partial charge < -0.3 is 20.1 Å². The molecule has 9 heteroatoms. The molecule has 0 aliphatic carbocycles. The molecule has 0 saturated carbocycles. The zero-order valence-electron chi connectivity index (χ0n) is 12.4. The quantitative estimate of drug-likeness (QED) is 0.832. The van der Waals surface area contributed by atoms with Crippen LogP contribution in [-0.2, 0) is 16.1 Å². The molecule has 0 unspecified atom stereocenters. The molecule has 9 nitrogen and oxygen atoms in total. The summed E-state index contributed by atoms with van der Waals surface area (Å²) in [4.78, 5) is 27.6. The third kappa shape index (κ3) is 3.46. The van der Waals surface area contributed by atoms with Crippen molar-refractivity contribution in [3.05, 3.63) is 30.2 Å². The van der Waals surface area contributed by atoms with Gasteiger partial charge >= 0.3 is 0 Å². The van der Waals surface area contributed by atoms with Crippen molar-refractivity contribution in [2.24, 2.45) is 0 Å². The van der Waals surface area contributed by atoms with Crippen molar-refractivity contribution in [3.63, 3.8) is 0 Å². The Hall–Kier alpha value is -2.94. The lowest BCUT2D eigenvalue weighted by molar-refractivity contribution is -0.118. The number of methoxy groups -OCH3 is 1. The van der Waals surface area contributed by atoms with Crippen molar-refractivity contribution < 1.29 is 19.1 Å². The molecule has 2 N–H and O–H groups in total. The van der Waals surface area contributed by atoms with Crippen LogP contribution in [0.2, 0.25) is 0 Å². The number of hydrogen-bond acceptors (Lipinski definition) is 6. The highest BCUT2D eigenvalue weighted by molar-refractivity contribution is 6.05. The van der Waals surface area contributed by atoms with E-state index in [1.54, 1.807) is 24.2 Å². The lowest BCUT2D eigenvalue weighted by Crippen LogP contribution is -2.26. The number of hydrogen-bond donors (Lipinski definition) is 2. The van der Waals surface area contributed by atoms with E-state index in [1.165, 1.54) is 12.3 Å². The molecule has 2 amide bonds. The highest BCUT2D eigenvalue weighted by atomic mass is 16.5. The minimum atomic E-state index is -0.355. The van der Waals surface area contributed by atoms with Gasteiger partial charge in [-0.1, -0.05) is 0 Å². The van der Waals surface area contributed by atoms with Gasteiger partial charge in [0.2, 0.25) is 5.88 Å². The van der Waals surface area contributed by atoms with Crippen LogP contribution in [0.1, 0.15) is 10.4 Å². The Morgan fingerprint density at radius 3 is 3.22 bits per heavy atom. The van der Waals surface area contributed by atoms with E-state index in [4.69, 9.17) is 9.47 Å². The number of nitrogens with zero attached hydrogens (tertiary/aromatic N) is 3. The minimum Gasteiger partial charge on any atom is -0.466 e. The summed E-state index contributed by atoms with van der Waals surface area (Å²) in [5, 5.41) is 9.44. The maximum atomic E-state index is 12.2. The van der Waals surface area contributed by atoms with E-state index in [0.717, 1.165) is 0 Å². The molecule has 1 aliphatic rings. The lowest BCUT2D eigenvalue weighted by atomic mass is 10.2. The van der Waals surface area contributed by atoms with E-state index in [2.05, 4.69) is 20.7 Å². The van der Waals surface area contributed by atoms with Gasteiger partial charge in [0, 0.05) is 19.5 Å². The zero-order chi connectivity index (χ0) is 16.2. The first kappa shape index (κ1) is 15.0. The Morgan fingerprint density at radius 2 is 2.39 bits per heavy atom. The standard InChI is InChI=1S/C14H15N5O4/c1-22-3-2-19-7-10(6-16-19)17-13(21)9-4-11-14(15-5-9)23-8-12(20)18-11/h4-7H,2-3,8H2,1H3,(H,17,21)(H,18,20). The van der Waals surface area contributed by atoms with E-state index in [-0.39, 0.29) is 18.4 Å². The predicted octanol–water partition coefficient (Wildman–Crippen LogP) is 0.508. The molecule has 0 fully saturated rings. The Labute approximate surface area is 131 Å². The van der Waals surface area contributed by atoms with Crippen LogP contribution < -0.4 is 15.4 Å². The molecule has 0 atom stereocenters. The zero-order valence-corrected chi connectivity index (χ0v) is 12.4. The first-order chi connectivity index (χ1) is 11.2. The van der Waals surface area contributed by atoms with Gasteiger partial charge in [0.25, 0.3) is 11.8 Å². The SMILES string of the molecule is COCCn1cc(NC(=O)c2cnc3c(c2)NC(=O)CO3)cn1. The van der Waals surface area contributed by atoms with Gasteiger partial charge in [-0.05, 0) is 6.07 Å². The van der Waals surface area contributed by atoms with Gasteiger partial charge in [0.1, 0.15) is 5.69 Å². The van der Waals surface area contributed by atoms with Gasteiger partial charge in [-0.15, -0.1) is 0 Å². The number of anilines is 2. The van der Waals surface area contributed by atoms with E-state index < -0.39 is 0 Å². The molecule has 23 heavy (non-hydrogen) atoms. The third-order valence-electron chi connectivity index (χ3n) is 3.14. The molecule has 0 aromatic carbocycles. The number of nitrogens with one attached hydrogen (secondary N) is 2. The van der Waals surface area contributed by atoms with Crippen molar-refractivity contribution in [3.8, 4) is 5.88 Å². The monoisotopic (exact) mass is 317 g/mol. The summed E-state index contributed by atoms with van der Waals surface area (Å²) in [6, 6.07) is 1.52. The van der Waals surface area contributed by atoms with E-state index in [0.29, 0.717) is 36.0 Å². The first-order valence-electron chi connectivity index (χ1n) is 6.91. The Morgan fingerprint density at radius 1 is 1.52 bits per heavy atom. The lowest BCUT2D eigenvalue weighted by Gasteiger charge is -2.16. The van der Waals surface area contributed by atoms with Crippen LogP contribution in [0.5, 0.6) is 5.88 Å². The number of pyridine rings is 1. The normalized spacial score (nSPS) is 13.0. The Bertz CT molecular complexity index is 743. The van der Waals surface area contributed by atoms with Crippen molar-refractivity contribution in [1.82, 2.24) is 14.8 Å². The van der Waals surface area contributed by atoms with Crippen LogP contribution in [-0.4, -0.2) is 46.9 Å². The molecule has 0 radical (unpaired) electrons. The van der Waals surface area contributed by atoms with Crippen molar-refractivity contribution >= 4 is 23.2 Å². The fraction of sp³-hybridized carbons (Fsp3) is 0.286. The average Bonchev–Trinajstić information content (AvgIpc) is 2.99. The van der Waals surface area contributed by atoms with Crippen LogP contribution in [0, 0.1) is 0 Å². The van der Waals surface area contributed by atoms with Gasteiger partial charge in [-0.2, -0.15) is 5.10 Å². The van der Waals surface area contributed by atoms with Crippen LogP contribution >= 0.6 is 0 Å². The summed E-state index contributed by atoms with van der Waals surface area (Å²) < 4.78 is 11.8. The van der Waals surface area contributed by atoms with Crippen molar-refractivity contribution in [2.75, 3.05) is 31.0 Å².